The number of aliphatic hydroxyl groups excluding tert-OH is 1. The molecule has 3 unspecified atom stereocenters. The molecular weight excluding hydrogens is 194 g/mol. The lowest BCUT2D eigenvalue weighted by Crippen LogP contribution is -2.42. The highest BCUT2D eigenvalue weighted by atomic mass is 16.3. The SMILES string of the molecule is CCC(CO)N1C(=O)C2CCCC2C1=O. The number of carbonyl (C=O) groups is 2. The number of fused-ring (bicyclic) bond motifs is 1. The number of rotatable bonds is 3. The largest absolute Gasteiger partial charge is 0.394 e. The van der Waals surface area contributed by atoms with Crippen LogP contribution in [0.1, 0.15) is 32.6 Å². The number of amides is 2. The maximum Gasteiger partial charge on any atom is 0.233 e. The molecule has 1 N–H and O–H groups in total. The second kappa shape index (κ2) is 3.93. The van der Waals surface area contributed by atoms with E-state index in [1.165, 1.54) is 4.90 Å². The number of likely N-dealkylation sites (tertiary alicyclic amines) is 1. The number of aliphatic hydroxyl groups is 1. The van der Waals surface area contributed by atoms with Gasteiger partial charge >= 0.3 is 0 Å². The minimum atomic E-state index is -0.310. The van der Waals surface area contributed by atoms with Gasteiger partial charge in [0, 0.05) is 0 Å². The van der Waals surface area contributed by atoms with Crippen molar-refractivity contribution in [3.8, 4) is 0 Å². The van der Waals surface area contributed by atoms with Crippen molar-refractivity contribution >= 4 is 11.8 Å². The van der Waals surface area contributed by atoms with Crippen molar-refractivity contribution in [2.45, 2.75) is 38.6 Å². The molecule has 2 fully saturated rings. The molecule has 0 spiro atoms. The standard InChI is InChI=1S/C11H17NO3/c1-2-7(6-13)12-10(14)8-4-3-5-9(8)11(12)15/h7-9,13H,2-6H2,1H3. The van der Waals surface area contributed by atoms with Gasteiger partial charge in [-0.1, -0.05) is 13.3 Å². The number of hydrogen-bond acceptors (Lipinski definition) is 3. The fraction of sp³-hybridized carbons (Fsp3) is 0.818. The Bertz CT molecular complexity index is 264. The van der Waals surface area contributed by atoms with E-state index in [-0.39, 0.29) is 36.3 Å². The Morgan fingerprint density at radius 2 is 1.87 bits per heavy atom. The van der Waals surface area contributed by atoms with E-state index in [1.807, 2.05) is 6.92 Å². The first kappa shape index (κ1) is 10.6. The Kier molecular flexibility index (Phi) is 2.78. The molecule has 1 aliphatic carbocycles. The summed E-state index contributed by atoms with van der Waals surface area (Å²) in [6.45, 7) is 1.77. The van der Waals surface area contributed by atoms with E-state index in [4.69, 9.17) is 5.11 Å². The van der Waals surface area contributed by atoms with Gasteiger partial charge in [-0.05, 0) is 19.3 Å². The molecule has 1 saturated carbocycles. The first-order valence-electron chi connectivity index (χ1n) is 5.68. The Hall–Kier alpha value is -0.900. The maximum atomic E-state index is 12.0. The third kappa shape index (κ3) is 1.47. The quantitative estimate of drug-likeness (QED) is 0.693. The van der Waals surface area contributed by atoms with Crippen LogP contribution in [0.4, 0.5) is 0 Å². The Balaban J connectivity index is 2.20. The minimum Gasteiger partial charge on any atom is -0.394 e. The Morgan fingerprint density at radius 3 is 2.27 bits per heavy atom. The van der Waals surface area contributed by atoms with Crippen LogP contribution in [0.2, 0.25) is 0 Å². The van der Waals surface area contributed by atoms with Crippen LogP contribution in [-0.4, -0.2) is 34.5 Å². The molecule has 1 aliphatic heterocycles. The molecule has 1 saturated heterocycles. The van der Waals surface area contributed by atoms with Crippen LogP contribution in [0, 0.1) is 11.8 Å². The summed E-state index contributed by atoms with van der Waals surface area (Å²) < 4.78 is 0. The lowest BCUT2D eigenvalue weighted by molar-refractivity contribution is -0.144. The van der Waals surface area contributed by atoms with Gasteiger partial charge in [-0.25, -0.2) is 0 Å². The van der Waals surface area contributed by atoms with Crippen LogP contribution < -0.4 is 0 Å². The fourth-order valence-electron chi connectivity index (χ4n) is 2.77. The van der Waals surface area contributed by atoms with Gasteiger partial charge < -0.3 is 5.11 Å². The number of imide groups is 1. The molecule has 4 heteroatoms. The summed E-state index contributed by atoms with van der Waals surface area (Å²) in [6.07, 6.45) is 3.30. The van der Waals surface area contributed by atoms with Gasteiger partial charge in [-0.3, -0.25) is 14.5 Å². The van der Waals surface area contributed by atoms with Crippen molar-refractivity contribution in [2.24, 2.45) is 11.8 Å². The lowest BCUT2D eigenvalue weighted by Gasteiger charge is -2.24. The van der Waals surface area contributed by atoms with Crippen molar-refractivity contribution in [1.82, 2.24) is 4.90 Å². The average Bonchev–Trinajstić information content (AvgIpc) is 2.79. The van der Waals surface area contributed by atoms with Crippen LogP contribution in [-0.2, 0) is 9.59 Å². The average molecular weight is 211 g/mol. The van der Waals surface area contributed by atoms with E-state index in [2.05, 4.69) is 0 Å². The predicted molar refractivity (Wildman–Crippen MR) is 53.8 cm³/mol. The topological polar surface area (TPSA) is 57.6 Å². The first-order chi connectivity index (χ1) is 7.20. The maximum absolute atomic E-state index is 12.0. The summed E-state index contributed by atoms with van der Waals surface area (Å²) in [5, 5.41) is 9.14. The second-order valence-corrected chi connectivity index (χ2v) is 4.44. The van der Waals surface area contributed by atoms with E-state index in [0.29, 0.717) is 6.42 Å². The van der Waals surface area contributed by atoms with Gasteiger partial charge in [0.15, 0.2) is 0 Å². The monoisotopic (exact) mass is 211 g/mol. The Labute approximate surface area is 89.3 Å². The third-order valence-corrected chi connectivity index (χ3v) is 3.67. The molecule has 0 aromatic carbocycles. The normalized spacial score (nSPS) is 32.3. The van der Waals surface area contributed by atoms with E-state index in [0.717, 1.165) is 19.3 Å². The molecule has 0 radical (unpaired) electrons. The molecule has 0 bridgehead atoms. The van der Waals surface area contributed by atoms with Crippen molar-refractivity contribution in [3.63, 3.8) is 0 Å². The van der Waals surface area contributed by atoms with Crippen molar-refractivity contribution < 1.29 is 14.7 Å². The summed E-state index contributed by atoms with van der Waals surface area (Å²) in [5.41, 5.74) is 0. The fourth-order valence-corrected chi connectivity index (χ4v) is 2.77. The zero-order valence-corrected chi connectivity index (χ0v) is 8.98. The van der Waals surface area contributed by atoms with E-state index < -0.39 is 0 Å². The van der Waals surface area contributed by atoms with Crippen LogP contribution in [0.5, 0.6) is 0 Å². The first-order valence-corrected chi connectivity index (χ1v) is 5.68. The zero-order chi connectivity index (χ0) is 11.0. The van der Waals surface area contributed by atoms with Crippen molar-refractivity contribution in [3.05, 3.63) is 0 Å². The highest BCUT2D eigenvalue weighted by molar-refractivity contribution is 6.05. The molecule has 1 heterocycles. The molecule has 84 valence electrons. The smallest absolute Gasteiger partial charge is 0.233 e. The number of nitrogens with zero attached hydrogens (tertiary/aromatic N) is 1. The summed E-state index contributed by atoms with van der Waals surface area (Å²) in [7, 11) is 0. The predicted octanol–water partition coefficient (Wildman–Crippen LogP) is 0.542. The highest BCUT2D eigenvalue weighted by Gasteiger charge is 2.51. The minimum absolute atomic E-state index is 0.0524. The van der Waals surface area contributed by atoms with Crippen LogP contribution in [0.3, 0.4) is 0 Å². The van der Waals surface area contributed by atoms with E-state index >= 15 is 0 Å². The molecule has 2 rings (SSSR count). The van der Waals surface area contributed by atoms with Gasteiger partial charge in [0.1, 0.15) is 0 Å². The Morgan fingerprint density at radius 1 is 1.33 bits per heavy atom. The summed E-state index contributed by atoms with van der Waals surface area (Å²) in [4.78, 5) is 25.2. The van der Waals surface area contributed by atoms with Gasteiger partial charge in [0.2, 0.25) is 11.8 Å². The molecule has 2 amide bonds. The van der Waals surface area contributed by atoms with Crippen LogP contribution in [0.15, 0.2) is 0 Å². The molecule has 4 nitrogen and oxygen atoms in total. The molecule has 0 aromatic heterocycles. The molecule has 15 heavy (non-hydrogen) atoms. The number of carbonyl (C=O) groups excluding carboxylic acids is 2. The summed E-state index contributed by atoms with van der Waals surface area (Å²) in [5.74, 6) is -0.275. The van der Waals surface area contributed by atoms with E-state index in [1.54, 1.807) is 0 Å². The molecule has 3 atom stereocenters. The van der Waals surface area contributed by atoms with Gasteiger partial charge in [-0.2, -0.15) is 0 Å². The summed E-state index contributed by atoms with van der Waals surface area (Å²) >= 11 is 0. The van der Waals surface area contributed by atoms with E-state index in [9.17, 15) is 9.59 Å². The summed E-state index contributed by atoms with van der Waals surface area (Å²) in [6, 6.07) is -0.310. The molecule has 0 aromatic rings. The van der Waals surface area contributed by atoms with Gasteiger partial charge in [0.05, 0.1) is 24.5 Å². The van der Waals surface area contributed by atoms with Crippen molar-refractivity contribution in [2.75, 3.05) is 6.61 Å². The van der Waals surface area contributed by atoms with Crippen molar-refractivity contribution in [1.29, 1.82) is 0 Å². The highest BCUT2D eigenvalue weighted by Crippen LogP contribution is 2.40. The van der Waals surface area contributed by atoms with Gasteiger partial charge in [-0.15, -0.1) is 0 Å². The van der Waals surface area contributed by atoms with Crippen LogP contribution >= 0.6 is 0 Å². The van der Waals surface area contributed by atoms with Gasteiger partial charge in [0.25, 0.3) is 0 Å². The molecular formula is C11H17NO3. The van der Waals surface area contributed by atoms with Crippen LogP contribution in [0.25, 0.3) is 0 Å². The number of hydrogen-bond donors (Lipinski definition) is 1. The third-order valence-electron chi connectivity index (χ3n) is 3.67. The second-order valence-electron chi connectivity index (χ2n) is 4.44. The molecule has 2 aliphatic rings. The lowest BCUT2D eigenvalue weighted by atomic mass is 10.00. The zero-order valence-electron chi connectivity index (χ0n) is 8.98.